The average molecular weight is 343 g/mol. The lowest BCUT2D eigenvalue weighted by Gasteiger charge is -2.22. The Morgan fingerprint density at radius 3 is 2.25 bits per heavy atom. The third-order valence-corrected chi connectivity index (χ3v) is 3.87. The summed E-state index contributed by atoms with van der Waals surface area (Å²) in [6.45, 7) is 6.70. The van der Waals surface area contributed by atoms with Gasteiger partial charge in [0.2, 0.25) is 0 Å². The summed E-state index contributed by atoms with van der Waals surface area (Å²) in [5, 5.41) is 9.11. The number of benzene rings is 1. The molecular weight excluding hydrogens is 323 g/mol. The van der Waals surface area contributed by atoms with Crippen LogP contribution in [-0.4, -0.2) is 31.3 Å². The molecule has 1 aliphatic heterocycles. The molecule has 1 atom stereocenters. The number of rotatable bonds is 7. The van der Waals surface area contributed by atoms with Gasteiger partial charge in [-0.2, -0.15) is 13.2 Å². The minimum Gasteiger partial charge on any atom is -0.380 e. The SMILES string of the molecule is CCOCC(NC(=O)c1ccc(C2(C(F)(F)F)N=N2)cc1)C(C)C. The number of ether oxygens (including phenoxy) is 1. The Balaban J connectivity index is 2.06. The molecule has 24 heavy (non-hydrogen) atoms. The number of halogens is 3. The van der Waals surface area contributed by atoms with Crippen LogP contribution in [0.25, 0.3) is 0 Å². The molecule has 5 nitrogen and oxygen atoms in total. The molecule has 1 aliphatic rings. The maximum absolute atomic E-state index is 12.9. The van der Waals surface area contributed by atoms with Gasteiger partial charge < -0.3 is 10.1 Å². The third-order valence-electron chi connectivity index (χ3n) is 3.87. The van der Waals surface area contributed by atoms with Crippen molar-refractivity contribution in [2.24, 2.45) is 16.1 Å². The van der Waals surface area contributed by atoms with Crippen molar-refractivity contribution in [2.45, 2.75) is 38.7 Å². The highest BCUT2D eigenvalue weighted by Crippen LogP contribution is 2.52. The van der Waals surface area contributed by atoms with Crippen molar-refractivity contribution < 1.29 is 22.7 Å². The fraction of sp³-hybridized carbons (Fsp3) is 0.562. The van der Waals surface area contributed by atoms with Crippen molar-refractivity contribution >= 4 is 5.91 Å². The van der Waals surface area contributed by atoms with Gasteiger partial charge in [0.15, 0.2) is 0 Å². The molecule has 0 aromatic heterocycles. The molecule has 1 unspecified atom stereocenters. The number of hydrogen-bond donors (Lipinski definition) is 1. The maximum atomic E-state index is 12.9. The zero-order valence-electron chi connectivity index (χ0n) is 13.7. The second-order valence-electron chi connectivity index (χ2n) is 5.93. The molecule has 0 bridgehead atoms. The summed E-state index contributed by atoms with van der Waals surface area (Å²) in [4.78, 5) is 12.3. The Morgan fingerprint density at radius 1 is 1.25 bits per heavy atom. The number of carbonyl (C=O) groups excluding carboxylic acids is 1. The molecule has 1 aromatic carbocycles. The predicted octanol–water partition coefficient (Wildman–Crippen LogP) is 3.66. The first kappa shape index (κ1) is 18.4. The van der Waals surface area contributed by atoms with Gasteiger partial charge in [0, 0.05) is 17.7 Å². The van der Waals surface area contributed by atoms with Gasteiger partial charge in [-0.1, -0.05) is 26.0 Å². The lowest BCUT2D eigenvalue weighted by atomic mass is 10.0. The number of carbonyl (C=O) groups is 1. The van der Waals surface area contributed by atoms with Crippen LogP contribution in [0.3, 0.4) is 0 Å². The van der Waals surface area contributed by atoms with Gasteiger partial charge in [-0.3, -0.25) is 4.79 Å². The van der Waals surface area contributed by atoms with Crippen LogP contribution in [-0.2, 0) is 10.4 Å². The molecule has 1 heterocycles. The molecule has 0 saturated carbocycles. The van der Waals surface area contributed by atoms with E-state index >= 15 is 0 Å². The Morgan fingerprint density at radius 2 is 1.83 bits per heavy atom. The number of hydrogen-bond acceptors (Lipinski definition) is 4. The lowest BCUT2D eigenvalue weighted by molar-refractivity contribution is -0.166. The van der Waals surface area contributed by atoms with Gasteiger partial charge >= 0.3 is 11.8 Å². The van der Waals surface area contributed by atoms with E-state index < -0.39 is 11.8 Å². The molecular formula is C16H20F3N3O2. The van der Waals surface area contributed by atoms with Crippen molar-refractivity contribution in [2.75, 3.05) is 13.2 Å². The summed E-state index contributed by atoms with van der Waals surface area (Å²) < 4.78 is 44.2. The molecule has 0 spiro atoms. The second kappa shape index (κ2) is 6.88. The zero-order chi connectivity index (χ0) is 18.0. The highest BCUT2D eigenvalue weighted by atomic mass is 19.4. The van der Waals surface area contributed by atoms with E-state index in [4.69, 9.17) is 4.74 Å². The number of nitrogens with one attached hydrogen (secondary N) is 1. The minimum atomic E-state index is -4.57. The van der Waals surface area contributed by atoms with Crippen LogP contribution in [0.2, 0.25) is 0 Å². The van der Waals surface area contributed by atoms with E-state index in [1.165, 1.54) is 24.3 Å². The molecule has 0 radical (unpaired) electrons. The van der Waals surface area contributed by atoms with Gasteiger partial charge in [-0.05, 0) is 25.0 Å². The van der Waals surface area contributed by atoms with Gasteiger partial charge in [0.25, 0.3) is 5.91 Å². The first-order chi connectivity index (χ1) is 11.2. The molecule has 8 heteroatoms. The maximum Gasteiger partial charge on any atom is 0.442 e. The largest absolute Gasteiger partial charge is 0.442 e. The number of alkyl halides is 3. The normalized spacial score (nSPS) is 17.0. The summed E-state index contributed by atoms with van der Waals surface area (Å²) in [6, 6.07) is 4.98. The predicted molar refractivity (Wildman–Crippen MR) is 81.6 cm³/mol. The number of nitrogens with zero attached hydrogens (tertiary/aromatic N) is 2. The lowest BCUT2D eigenvalue weighted by Crippen LogP contribution is -2.42. The van der Waals surface area contributed by atoms with E-state index in [0.29, 0.717) is 13.2 Å². The summed E-state index contributed by atoms with van der Waals surface area (Å²) in [6.07, 6.45) is -4.57. The highest BCUT2D eigenvalue weighted by Gasteiger charge is 2.65. The fourth-order valence-corrected chi connectivity index (χ4v) is 2.19. The van der Waals surface area contributed by atoms with Crippen LogP contribution < -0.4 is 5.32 Å². The zero-order valence-corrected chi connectivity index (χ0v) is 13.7. The van der Waals surface area contributed by atoms with Crippen LogP contribution in [0.1, 0.15) is 36.7 Å². The molecule has 2 rings (SSSR count). The van der Waals surface area contributed by atoms with Crippen molar-refractivity contribution in [3.63, 3.8) is 0 Å². The van der Waals surface area contributed by atoms with Crippen LogP contribution in [0.5, 0.6) is 0 Å². The van der Waals surface area contributed by atoms with E-state index in [9.17, 15) is 18.0 Å². The van der Waals surface area contributed by atoms with Crippen molar-refractivity contribution in [3.8, 4) is 0 Å². The number of amides is 1. The van der Waals surface area contributed by atoms with E-state index in [2.05, 4.69) is 15.5 Å². The van der Waals surface area contributed by atoms with E-state index in [1.807, 2.05) is 20.8 Å². The van der Waals surface area contributed by atoms with E-state index in [-0.39, 0.29) is 29.0 Å². The van der Waals surface area contributed by atoms with Gasteiger partial charge in [0.1, 0.15) is 0 Å². The summed E-state index contributed by atoms with van der Waals surface area (Å²) >= 11 is 0. The molecule has 0 fully saturated rings. The fourth-order valence-electron chi connectivity index (χ4n) is 2.19. The van der Waals surface area contributed by atoms with Gasteiger partial charge in [-0.15, -0.1) is 10.2 Å². The summed E-state index contributed by atoms with van der Waals surface area (Å²) in [5.74, 6) is -0.192. The van der Waals surface area contributed by atoms with E-state index in [0.717, 1.165) is 0 Å². The van der Waals surface area contributed by atoms with Crippen LogP contribution >= 0.6 is 0 Å². The van der Waals surface area contributed by atoms with Crippen LogP contribution in [0.4, 0.5) is 13.2 Å². The first-order valence-corrected chi connectivity index (χ1v) is 7.71. The first-order valence-electron chi connectivity index (χ1n) is 7.71. The van der Waals surface area contributed by atoms with Gasteiger partial charge in [0.05, 0.1) is 12.6 Å². The Hall–Kier alpha value is -1.96. The Kier molecular flexibility index (Phi) is 5.27. The van der Waals surface area contributed by atoms with Gasteiger partial charge in [-0.25, -0.2) is 0 Å². The molecule has 0 saturated heterocycles. The average Bonchev–Trinajstić information content (AvgIpc) is 3.32. The third kappa shape index (κ3) is 3.75. The Labute approximate surface area is 138 Å². The van der Waals surface area contributed by atoms with Crippen LogP contribution in [0.15, 0.2) is 34.5 Å². The summed E-state index contributed by atoms with van der Waals surface area (Å²) in [7, 11) is 0. The van der Waals surface area contributed by atoms with E-state index in [1.54, 1.807) is 0 Å². The summed E-state index contributed by atoms with van der Waals surface area (Å²) in [5.41, 5.74) is -2.28. The van der Waals surface area contributed by atoms with Crippen molar-refractivity contribution in [1.29, 1.82) is 0 Å². The van der Waals surface area contributed by atoms with Crippen molar-refractivity contribution in [1.82, 2.24) is 5.32 Å². The highest BCUT2D eigenvalue weighted by molar-refractivity contribution is 5.94. The molecule has 0 aliphatic carbocycles. The quantitative estimate of drug-likeness (QED) is 0.821. The monoisotopic (exact) mass is 343 g/mol. The molecule has 1 amide bonds. The second-order valence-corrected chi connectivity index (χ2v) is 5.93. The minimum absolute atomic E-state index is 0.0960. The molecule has 132 valence electrons. The molecule has 1 N–H and O–H groups in total. The topological polar surface area (TPSA) is 63.0 Å². The molecule has 1 aromatic rings. The van der Waals surface area contributed by atoms with Crippen LogP contribution in [0, 0.1) is 5.92 Å². The Bertz CT molecular complexity index is 606. The van der Waals surface area contributed by atoms with Crippen molar-refractivity contribution in [3.05, 3.63) is 35.4 Å². The smallest absolute Gasteiger partial charge is 0.380 e. The standard InChI is InChI=1S/C16H20F3N3O2/c1-4-24-9-13(10(2)3)20-14(23)11-5-7-12(8-6-11)15(21-22-15)16(17,18)19/h5-8,10,13H,4,9H2,1-3H3,(H,20,23).